The molecule has 0 amide bonds. The molecule has 190 valence electrons. The molecular weight excluding hydrogens is 462 g/mol. The third kappa shape index (κ3) is 7.06. The first-order chi connectivity index (χ1) is 17.2. The molecule has 7 nitrogen and oxygen atoms in total. The van der Waals surface area contributed by atoms with E-state index in [-0.39, 0.29) is 0 Å². The van der Waals surface area contributed by atoms with E-state index in [2.05, 4.69) is 20.9 Å². The number of aromatic nitrogens is 2. The summed E-state index contributed by atoms with van der Waals surface area (Å²) in [5.41, 5.74) is 1.76. The first kappa shape index (κ1) is 24.8. The lowest BCUT2D eigenvalue weighted by atomic mass is 9.91. The molecule has 0 spiro atoms. The van der Waals surface area contributed by atoms with Crippen molar-refractivity contribution < 1.29 is 9.47 Å². The molecule has 4 heterocycles. The summed E-state index contributed by atoms with van der Waals surface area (Å²) in [4.78, 5) is 9.38. The van der Waals surface area contributed by atoms with Crippen LogP contribution in [0.1, 0.15) is 51.4 Å². The second kappa shape index (κ2) is 12.3. The lowest BCUT2D eigenvalue weighted by molar-refractivity contribution is 0.0595. The fourth-order valence-electron chi connectivity index (χ4n) is 5.37. The van der Waals surface area contributed by atoms with Crippen molar-refractivity contribution in [3.05, 3.63) is 35.5 Å². The SMILES string of the molecule is Clc1cnc(N[C@H]2CC[C@H](NC[C@H]3CCCO3)CC2)cc1-c1cccc(NCC2CCCOC2)n1. The van der Waals surface area contributed by atoms with E-state index in [9.17, 15) is 0 Å². The van der Waals surface area contributed by atoms with Crippen LogP contribution in [0.4, 0.5) is 11.6 Å². The van der Waals surface area contributed by atoms with Gasteiger partial charge in [0.2, 0.25) is 0 Å². The molecule has 1 aliphatic carbocycles. The highest BCUT2D eigenvalue weighted by Gasteiger charge is 2.23. The molecule has 1 saturated carbocycles. The Morgan fingerprint density at radius 1 is 0.943 bits per heavy atom. The van der Waals surface area contributed by atoms with Crippen LogP contribution in [0.5, 0.6) is 0 Å². The molecule has 35 heavy (non-hydrogen) atoms. The molecule has 8 heteroatoms. The molecule has 5 rings (SSSR count). The maximum Gasteiger partial charge on any atom is 0.126 e. The van der Waals surface area contributed by atoms with Gasteiger partial charge in [-0.1, -0.05) is 17.7 Å². The van der Waals surface area contributed by atoms with Gasteiger partial charge in [0.05, 0.1) is 23.4 Å². The second-order valence-electron chi connectivity index (χ2n) is 10.2. The Balaban J connectivity index is 1.15. The van der Waals surface area contributed by atoms with Crippen molar-refractivity contribution >= 4 is 23.2 Å². The smallest absolute Gasteiger partial charge is 0.126 e. The van der Waals surface area contributed by atoms with E-state index < -0.39 is 0 Å². The minimum Gasteiger partial charge on any atom is -0.381 e. The van der Waals surface area contributed by atoms with Gasteiger partial charge in [0.25, 0.3) is 0 Å². The minimum absolute atomic E-state index is 0.408. The molecule has 2 aromatic rings. The third-order valence-electron chi connectivity index (χ3n) is 7.44. The van der Waals surface area contributed by atoms with E-state index >= 15 is 0 Å². The van der Waals surface area contributed by atoms with Crippen LogP contribution in [0.2, 0.25) is 5.02 Å². The average molecular weight is 500 g/mol. The monoisotopic (exact) mass is 499 g/mol. The Morgan fingerprint density at radius 2 is 1.80 bits per heavy atom. The molecule has 2 atom stereocenters. The molecule has 2 aliphatic heterocycles. The van der Waals surface area contributed by atoms with Gasteiger partial charge in [-0.05, 0) is 75.5 Å². The Kier molecular flexibility index (Phi) is 8.73. The largest absolute Gasteiger partial charge is 0.381 e. The van der Waals surface area contributed by atoms with Crippen molar-refractivity contribution in [2.24, 2.45) is 5.92 Å². The standard InChI is InChI=1S/C27H38ClN5O2/c28-24-17-31-27(32-21-10-8-20(9-11-21)29-16-22-5-3-13-35-22)14-23(24)25-6-1-7-26(33-25)30-15-19-4-2-12-34-18-19/h1,6-7,14,17,19-22,29H,2-5,8-13,15-16,18H2,(H,30,33)(H,31,32)/t19?,20-,21-,22-/m1/s1. The summed E-state index contributed by atoms with van der Waals surface area (Å²) < 4.78 is 11.3. The first-order valence-electron chi connectivity index (χ1n) is 13.3. The van der Waals surface area contributed by atoms with Crippen LogP contribution in [-0.2, 0) is 9.47 Å². The van der Waals surface area contributed by atoms with Gasteiger partial charge in [-0.2, -0.15) is 0 Å². The van der Waals surface area contributed by atoms with E-state index in [1.54, 1.807) is 6.20 Å². The van der Waals surface area contributed by atoms with Crippen molar-refractivity contribution in [3.8, 4) is 11.3 Å². The van der Waals surface area contributed by atoms with Crippen LogP contribution in [0, 0.1) is 5.92 Å². The quantitative estimate of drug-likeness (QED) is 0.441. The van der Waals surface area contributed by atoms with Crippen molar-refractivity contribution in [1.29, 1.82) is 0 Å². The van der Waals surface area contributed by atoms with Gasteiger partial charge in [-0.3, -0.25) is 0 Å². The van der Waals surface area contributed by atoms with E-state index in [4.69, 9.17) is 26.1 Å². The number of rotatable bonds is 9. The number of hydrogen-bond acceptors (Lipinski definition) is 7. The van der Waals surface area contributed by atoms with Crippen molar-refractivity contribution in [2.75, 3.05) is 43.5 Å². The van der Waals surface area contributed by atoms with Crippen molar-refractivity contribution in [3.63, 3.8) is 0 Å². The van der Waals surface area contributed by atoms with Crippen molar-refractivity contribution in [1.82, 2.24) is 15.3 Å². The van der Waals surface area contributed by atoms with E-state index in [0.29, 0.717) is 29.1 Å². The van der Waals surface area contributed by atoms with Gasteiger partial charge in [-0.15, -0.1) is 0 Å². The van der Waals surface area contributed by atoms with Crippen LogP contribution < -0.4 is 16.0 Å². The molecule has 3 N–H and O–H groups in total. The van der Waals surface area contributed by atoms with Gasteiger partial charge in [-0.25, -0.2) is 9.97 Å². The zero-order valence-electron chi connectivity index (χ0n) is 20.5. The molecule has 2 saturated heterocycles. The number of nitrogens with zero attached hydrogens (tertiary/aromatic N) is 2. The fraction of sp³-hybridized carbons (Fsp3) is 0.630. The first-order valence-corrected chi connectivity index (χ1v) is 13.7. The van der Waals surface area contributed by atoms with Crippen LogP contribution in [0.3, 0.4) is 0 Å². The van der Waals surface area contributed by atoms with E-state index in [1.165, 1.54) is 32.1 Å². The highest BCUT2D eigenvalue weighted by Crippen LogP contribution is 2.30. The zero-order valence-corrected chi connectivity index (χ0v) is 21.2. The van der Waals surface area contributed by atoms with Crippen LogP contribution in [0.15, 0.2) is 30.5 Å². The highest BCUT2D eigenvalue weighted by molar-refractivity contribution is 6.33. The average Bonchev–Trinajstić information content (AvgIpc) is 3.43. The lowest BCUT2D eigenvalue weighted by Crippen LogP contribution is -2.40. The van der Waals surface area contributed by atoms with Gasteiger partial charge in [0.1, 0.15) is 11.6 Å². The van der Waals surface area contributed by atoms with Gasteiger partial charge < -0.3 is 25.4 Å². The summed E-state index contributed by atoms with van der Waals surface area (Å²) in [7, 11) is 0. The summed E-state index contributed by atoms with van der Waals surface area (Å²) in [5.74, 6) is 2.26. The number of halogens is 1. The van der Waals surface area contributed by atoms with Crippen molar-refractivity contribution in [2.45, 2.75) is 69.6 Å². The molecule has 0 aromatic carbocycles. The van der Waals surface area contributed by atoms with E-state index in [0.717, 1.165) is 75.1 Å². The summed E-state index contributed by atoms with van der Waals surface area (Å²) in [6.45, 7) is 4.49. The van der Waals surface area contributed by atoms with Gasteiger partial charge in [0.15, 0.2) is 0 Å². The normalized spacial score (nSPS) is 27.0. The molecular formula is C27H38ClN5O2. The third-order valence-corrected chi connectivity index (χ3v) is 7.75. The summed E-state index contributed by atoms with van der Waals surface area (Å²) >= 11 is 6.55. The number of anilines is 2. The van der Waals surface area contributed by atoms with Gasteiger partial charge in [0, 0.05) is 50.1 Å². The predicted molar refractivity (Wildman–Crippen MR) is 141 cm³/mol. The number of ether oxygens (including phenoxy) is 2. The summed E-state index contributed by atoms with van der Waals surface area (Å²) in [6, 6.07) is 9.08. The summed E-state index contributed by atoms with van der Waals surface area (Å²) in [5, 5.41) is 11.4. The predicted octanol–water partition coefficient (Wildman–Crippen LogP) is 5.13. The van der Waals surface area contributed by atoms with Crippen LogP contribution in [-0.4, -0.2) is 61.1 Å². The number of hydrogen-bond donors (Lipinski definition) is 3. The minimum atomic E-state index is 0.408. The zero-order chi connectivity index (χ0) is 23.9. The molecule has 0 bridgehead atoms. The Morgan fingerprint density at radius 3 is 2.60 bits per heavy atom. The molecule has 3 aliphatic rings. The highest BCUT2D eigenvalue weighted by atomic mass is 35.5. The lowest BCUT2D eigenvalue weighted by Gasteiger charge is -2.30. The number of nitrogens with one attached hydrogen (secondary N) is 3. The summed E-state index contributed by atoms with van der Waals surface area (Å²) in [6.07, 6.45) is 11.5. The molecule has 1 unspecified atom stereocenters. The Labute approximate surface area is 213 Å². The Bertz CT molecular complexity index is 941. The topological polar surface area (TPSA) is 80.3 Å². The van der Waals surface area contributed by atoms with Crippen LogP contribution >= 0.6 is 11.6 Å². The maximum absolute atomic E-state index is 6.55. The molecule has 3 fully saturated rings. The molecule has 0 radical (unpaired) electrons. The van der Waals surface area contributed by atoms with Crippen LogP contribution in [0.25, 0.3) is 11.3 Å². The van der Waals surface area contributed by atoms with Gasteiger partial charge >= 0.3 is 0 Å². The fourth-order valence-corrected chi connectivity index (χ4v) is 5.57. The Hall–Kier alpha value is -1.93. The second-order valence-corrected chi connectivity index (χ2v) is 10.6. The number of pyridine rings is 2. The maximum atomic E-state index is 6.55. The molecule has 2 aromatic heterocycles. The van der Waals surface area contributed by atoms with E-state index in [1.807, 2.05) is 24.3 Å².